The maximum absolute atomic E-state index is 12.8. The Morgan fingerprint density at radius 2 is 1.11 bits per heavy atom. The molecule has 0 spiro atoms. The standard InChI is InChI=1S/C43H34O13/c1-4-49-36-19-21-38(41(46)47)39(25-36)42(48)55-33-14-10-31(11-15-33)52-27-43(2,3)28-53-32-12-16-34(17-13-32)56-54-26-29-24-35(18-20-37(29)40(44)45)51-23-22-50-30-8-6-5-7-9-30/h1,5-21,24-25H,26-28H2,2-3H3,(H,44,45)(H,46,47). The zero-order valence-electron chi connectivity index (χ0n) is 30.1. The van der Waals surface area contributed by atoms with Crippen LogP contribution in [0.1, 0.15) is 50.5 Å². The van der Waals surface area contributed by atoms with Gasteiger partial charge in [0.25, 0.3) is 0 Å². The number of carboxylic acid groups (broad SMARTS) is 2. The van der Waals surface area contributed by atoms with Gasteiger partial charge < -0.3 is 43.5 Å². The Hall–Kier alpha value is -7.61. The van der Waals surface area contributed by atoms with Crippen LogP contribution in [0.5, 0.6) is 40.2 Å². The average Bonchev–Trinajstić information content (AvgIpc) is 3.19. The number of aromatic carboxylic acids is 2. The number of benzene rings is 5. The van der Waals surface area contributed by atoms with Crippen LogP contribution < -0.4 is 33.3 Å². The van der Waals surface area contributed by atoms with Crippen molar-refractivity contribution in [1.29, 1.82) is 0 Å². The quantitative estimate of drug-likeness (QED) is 0.0313. The molecule has 0 fully saturated rings. The van der Waals surface area contributed by atoms with Gasteiger partial charge >= 0.3 is 17.9 Å². The molecule has 284 valence electrons. The number of rotatable bonds is 17. The maximum Gasteiger partial charge on any atom is 0.344 e. The summed E-state index contributed by atoms with van der Waals surface area (Å²) in [6, 6.07) is 29.9. The van der Waals surface area contributed by atoms with E-state index in [0.29, 0.717) is 40.9 Å². The largest absolute Gasteiger partial charge is 0.493 e. The lowest BCUT2D eigenvalue weighted by Gasteiger charge is -2.25. The van der Waals surface area contributed by atoms with E-state index in [9.17, 15) is 24.6 Å². The van der Waals surface area contributed by atoms with Crippen LogP contribution in [-0.4, -0.2) is 41.3 Å². The van der Waals surface area contributed by atoms with Gasteiger partial charge in [0.15, 0.2) is 18.0 Å². The molecule has 0 radical (unpaired) electrons. The van der Waals surface area contributed by atoms with E-state index < -0.39 is 23.3 Å². The molecule has 0 aliphatic carbocycles. The van der Waals surface area contributed by atoms with Crippen LogP contribution in [0.25, 0.3) is 0 Å². The highest BCUT2D eigenvalue weighted by atomic mass is 17.2. The van der Waals surface area contributed by atoms with Gasteiger partial charge in [-0.25, -0.2) is 14.4 Å². The molecular weight excluding hydrogens is 724 g/mol. The van der Waals surface area contributed by atoms with Gasteiger partial charge in [0, 0.05) is 11.0 Å². The first-order chi connectivity index (χ1) is 27.0. The van der Waals surface area contributed by atoms with E-state index in [1.165, 1.54) is 48.5 Å². The van der Waals surface area contributed by atoms with Crippen molar-refractivity contribution in [3.05, 3.63) is 138 Å². The van der Waals surface area contributed by atoms with Gasteiger partial charge in [-0.15, -0.1) is 0 Å². The van der Waals surface area contributed by atoms with Crippen molar-refractivity contribution < 1.29 is 62.8 Å². The molecule has 0 saturated heterocycles. The van der Waals surface area contributed by atoms with Crippen LogP contribution in [0.4, 0.5) is 0 Å². The summed E-state index contributed by atoms with van der Waals surface area (Å²) >= 11 is 0. The SMILES string of the molecule is C#COc1ccc(C(=O)O)c(C(=O)Oc2ccc(OCC(C)(C)COc3ccc(OOCc4cc(OC#COc5ccccc5)ccc4C(=O)O)cc3)cc2)c1. The molecule has 0 amide bonds. The number of carbonyl (C=O) groups is 3. The van der Waals surface area contributed by atoms with E-state index in [4.69, 9.17) is 44.6 Å². The van der Waals surface area contributed by atoms with Gasteiger partial charge in [-0.1, -0.05) is 38.5 Å². The molecule has 0 saturated carbocycles. The van der Waals surface area contributed by atoms with Gasteiger partial charge in [-0.05, 0) is 97.1 Å². The second kappa shape index (κ2) is 18.9. The molecule has 0 bridgehead atoms. The molecule has 0 atom stereocenters. The van der Waals surface area contributed by atoms with Gasteiger partial charge in [0.1, 0.15) is 47.2 Å². The number of para-hydroxylation sites is 1. The van der Waals surface area contributed by atoms with Crippen molar-refractivity contribution >= 4 is 17.9 Å². The minimum Gasteiger partial charge on any atom is -0.493 e. The predicted molar refractivity (Wildman–Crippen MR) is 200 cm³/mol. The molecular formula is C43H34O13. The summed E-state index contributed by atoms with van der Waals surface area (Å²) < 4.78 is 32.9. The van der Waals surface area contributed by atoms with Gasteiger partial charge in [0.05, 0.1) is 29.9 Å². The van der Waals surface area contributed by atoms with Crippen LogP contribution in [0.2, 0.25) is 0 Å². The monoisotopic (exact) mass is 758 g/mol. The first-order valence-corrected chi connectivity index (χ1v) is 16.7. The van der Waals surface area contributed by atoms with Gasteiger partial charge in [0.2, 0.25) is 0 Å². The van der Waals surface area contributed by atoms with Crippen molar-refractivity contribution in [2.75, 3.05) is 13.2 Å². The van der Waals surface area contributed by atoms with Crippen LogP contribution >= 0.6 is 0 Å². The summed E-state index contributed by atoms with van der Waals surface area (Å²) in [7, 11) is 0. The number of hydrogen-bond acceptors (Lipinski definition) is 11. The molecule has 0 aliphatic heterocycles. The lowest BCUT2D eigenvalue weighted by Crippen LogP contribution is -2.28. The number of esters is 1. The summed E-state index contributed by atoms with van der Waals surface area (Å²) in [6.45, 7) is 4.31. The average molecular weight is 759 g/mol. The van der Waals surface area contributed by atoms with Crippen molar-refractivity contribution in [1.82, 2.24) is 0 Å². The summed E-state index contributed by atoms with van der Waals surface area (Å²) in [6.07, 6.45) is 12.0. The van der Waals surface area contributed by atoms with E-state index >= 15 is 0 Å². The smallest absolute Gasteiger partial charge is 0.344 e. The summed E-state index contributed by atoms with van der Waals surface area (Å²) in [5.74, 6) is -0.796. The number of carbonyl (C=O) groups excluding carboxylic acids is 1. The lowest BCUT2D eigenvalue weighted by atomic mass is 9.96. The first kappa shape index (κ1) is 39.6. The van der Waals surface area contributed by atoms with E-state index in [-0.39, 0.29) is 41.4 Å². The van der Waals surface area contributed by atoms with Crippen LogP contribution in [0, 0.1) is 30.2 Å². The molecule has 0 unspecified atom stereocenters. The Morgan fingerprint density at radius 1 is 0.589 bits per heavy atom. The minimum absolute atomic E-state index is 0.0100. The Bertz CT molecular complexity index is 2250. The third kappa shape index (κ3) is 11.7. The van der Waals surface area contributed by atoms with Crippen molar-refractivity contribution in [2.45, 2.75) is 20.5 Å². The van der Waals surface area contributed by atoms with E-state index in [2.05, 4.69) is 12.2 Å². The molecule has 5 aromatic rings. The zero-order chi connectivity index (χ0) is 39.9. The summed E-state index contributed by atoms with van der Waals surface area (Å²) in [5, 5.41) is 19.1. The van der Waals surface area contributed by atoms with E-state index in [1.54, 1.807) is 60.7 Å². The highest BCUT2D eigenvalue weighted by Crippen LogP contribution is 2.26. The van der Waals surface area contributed by atoms with Crippen LogP contribution in [0.15, 0.2) is 115 Å². The minimum atomic E-state index is -1.31. The molecule has 13 nitrogen and oxygen atoms in total. The lowest BCUT2D eigenvalue weighted by molar-refractivity contribution is -0.217. The van der Waals surface area contributed by atoms with E-state index in [1.807, 2.05) is 26.0 Å². The molecule has 2 N–H and O–H groups in total. The van der Waals surface area contributed by atoms with Crippen molar-refractivity contribution in [3.8, 4) is 65.0 Å². The van der Waals surface area contributed by atoms with Crippen LogP contribution in [-0.2, 0) is 11.5 Å². The summed E-state index contributed by atoms with van der Waals surface area (Å²) in [4.78, 5) is 46.9. The predicted octanol–water partition coefficient (Wildman–Crippen LogP) is 7.64. The molecule has 5 rings (SSSR count). The highest BCUT2D eigenvalue weighted by molar-refractivity contribution is 6.03. The molecule has 13 heteroatoms. The number of terminal acetylenes is 1. The maximum atomic E-state index is 12.8. The molecule has 5 aromatic carbocycles. The Morgan fingerprint density at radius 3 is 1.70 bits per heavy atom. The normalized spacial score (nSPS) is 10.4. The topological polar surface area (TPSA) is 166 Å². The number of ether oxygens (including phenoxy) is 6. The molecule has 0 aromatic heterocycles. The van der Waals surface area contributed by atoms with Crippen molar-refractivity contribution in [2.24, 2.45) is 5.41 Å². The third-order valence-corrected chi connectivity index (χ3v) is 7.53. The second-order valence-electron chi connectivity index (χ2n) is 12.5. The third-order valence-electron chi connectivity index (χ3n) is 7.53. The fraction of sp³-hybridized carbons (Fsp3) is 0.140. The molecule has 0 heterocycles. The second-order valence-corrected chi connectivity index (χ2v) is 12.5. The number of hydrogen-bond donors (Lipinski definition) is 2. The van der Waals surface area contributed by atoms with Gasteiger partial charge in [-0.3, -0.25) is 0 Å². The Kier molecular flexibility index (Phi) is 13.4. The molecule has 0 aliphatic rings. The van der Waals surface area contributed by atoms with E-state index in [0.717, 1.165) is 0 Å². The highest BCUT2D eigenvalue weighted by Gasteiger charge is 2.22. The van der Waals surface area contributed by atoms with Crippen LogP contribution in [0.3, 0.4) is 0 Å². The Balaban J connectivity index is 1.06. The zero-order valence-corrected chi connectivity index (χ0v) is 30.1. The Labute approximate surface area is 321 Å². The number of carboxylic acids is 2. The fourth-order valence-electron chi connectivity index (χ4n) is 4.74. The van der Waals surface area contributed by atoms with Crippen molar-refractivity contribution in [3.63, 3.8) is 0 Å². The first-order valence-electron chi connectivity index (χ1n) is 16.7. The fourth-order valence-corrected chi connectivity index (χ4v) is 4.74. The molecule has 56 heavy (non-hydrogen) atoms. The van der Waals surface area contributed by atoms with Gasteiger partial charge in [-0.2, -0.15) is 4.89 Å². The summed E-state index contributed by atoms with van der Waals surface area (Å²) in [5.41, 5.74) is -0.604.